The number of rotatable bonds is 4. The number of nitrogens with two attached hydrogens (primary N) is 1. The van der Waals surface area contributed by atoms with Crippen molar-refractivity contribution in [3.8, 4) is 0 Å². The standard InChI is InChI=1S/C16H20N4O/c17-13(10-12-6-2-1-3-7-12)16(21)19-15-11-18-14-8-4-5-9-20(14)15/h1-3,6-7,11,13H,4-5,8-10,17H2,(H,19,21)/t13-/m0/s1. The van der Waals surface area contributed by atoms with Gasteiger partial charge in [-0.05, 0) is 24.8 Å². The van der Waals surface area contributed by atoms with Crippen molar-refractivity contribution < 1.29 is 4.79 Å². The molecule has 1 aliphatic rings. The number of hydrogen-bond donors (Lipinski definition) is 2. The van der Waals surface area contributed by atoms with Gasteiger partial charge in [0.05, 0.1) is 12.2 Å². The molecule has 3 N–H and O–H groups in total. The number of carbonyl (C=O) groups is 1. The summed E-state index contributed by atoms with van der Waals surface area (Å²) in [4.78, 5) is 16.6. The van der Waals surface area contributed by atoms with Crippen molar-refractivity contribution in [3.05, 3.63) is 47.9 Å². The van der Waals surface area contributed by atoms with Gasteiger partial charge in [-0.2, -0.15) is 0 Å². The minimum atomic E-state index is -0.554. The average molecular weight is 284 g/mol. The Morgan fingerprint density at radius 1 is 1.33 bits per heavy atom. The SMILES string of the molecule is N[C@@H](Cc1ccccc1)C(=O)Nc1cnc2n1CCCC2. The third kappa shape index (κ3) is 3.13. The molecule has 1 aromatic carbocycles. The molecule has 0 bridgehead atoms. The maximum absolute atomic E-state index is 12.2. The maximum atomic E-state index is 12.2. The fraction of sp³-hybridized carbons (Fsp3) is 0.375. The number of amides is 1. The van der Waals surface area contributed by atoms with Crippen LogP contribution in [0.5, 0.6) is 0 Å². The van der Waals surface area contributed by atoms with Gasteiger partial charge < -0.3 is 15.6 Å². The summed E-state index contributed by atoms with van der Waals surface area (Å²) in [6, 6.07) is 9.26. The molecule has 1 atom stereocenters. The second-order valence-corrected chi connectivity index (χ2v) is 5.45. The number of nitrogens with zero attached hydrogens (tertiary/aromatic N) is 2. The van der Waals surface area contributed by atoms with Crippen LogP contribution in [0.3, 0.4) is 0 Å². The molecule has 5 nitrogen and oxygen atoms in total. The van der Waals surface area contributed by atoms with Crippen molar-refractivity contribution in [2.24, 2.45) is 5.73 Å². The molecule has 5 heteroatoms. The number of aromatic nitrogens is 2. The van der Waals surface area contributed by atoms with Gasteiger partial charge in [0, 0.05) is 13.0 Å². The molecule has 1 aromatic heterocycles. The Balaban J connectivity index is 1.64. The van der Waals surface area contributed by atoms with Crippen molar-refractivity contribution >= 4 is 11.7 Å². The highest BCUT2D eigenvalue weighted by atomic mass is 16.2. The zero-order valence-electron chi connectivity index (χ0n) is 12.0. The van der Waals surface area contributed by atoms with Crippen molar-refractivity contribution in [2.45, 2.75) is 38.3 Å². The molecule has 2 heterocycles. The number of imidazole rings is 1. The quantitative estimate of drug-likeness (QED) is 0.898. The molecule has 0 spiro atoms. The third-order valence-corrected chi connectivity index (χ3v) is 3.86. The van der Waals surface area contributed by atoms with Gasteiger partial charge in [-0.1, -0.05) is 30.3 Å². The van der Waals surface area contributed by atoms with Crippen LogP contribution in [0.2, 0.25) is 0 Å². The average Bonchev–Trinajstić information content (AvgIpc) is 2.91. The Labute approximate surface area is 124 Å². The van der Waals surface area contributed by atoms with Crippen LogP contribution in [0, 0.1) is 0 Å². The van der Waals surface area contributed by atoms with Crippen molar-refractivity contribution in [3.63, 3.8) is 0 Å². The minimum Gasteiger partial charge on any atom is -0.320 e. The Morgan fingerprint density at radius 2 is 2.14 bits per heavy atom. The van der Waals surface area contributed by atoms with Crippen molar-refractivity contribution in [1.82, 2.24) is 9.55 Å². The van der Waals surface area contributed by atoms with Crippen LogP contribution in [0.4, 0.5) is 5.82 Å². The van der Waals surface area contributed by atoms with E-state index in [0.29, 0.717) is 6.42 Å². The van der Waals surface area contributed by atoms with E-state index in [9.17, 15) is 4.79 Å². The summed E-state index contributed by atoms with van der Waals surface area (Å²) in [5.74, 6) is 1.65. The van der Waals surface area contributed by atoms with E-state index in [1.165, 1.54) is 0 Å². The van der Waals surface area contributed by atoms with E-state index in [1.54, 1.807) is 6.20 Å². The first kappa shape index (κ1) is 13.8. The van der Waals surface area contributed by atoms with E-state index in [-0.39, 0.29) is 5.91 Å². The molecule has 0 radical (unpaired) electrons. The second kappa shape index (κ2) is 6.10. The lowest BCUT2D eigenvalue weighted by atomic mass is 10.1. The molecule has 21 heavy (non-hydrogen) atoms. The van der Waals surface area contributed by atoms with Gasteiger partial charge in [0.15, 0.2) is 0 Å². The number of nitrogens with one attached hydrogen (secondary N) is 1. The highest BCUT2D eigenvalue weighted by Gasteiger charge is 2.19. The number of benzene rings is 1. The number of aryl methyl sites for hydroxylation is 1. The molecule has 0 saturated heterocycles. The number of hydrogen-bond acceptors (Lipinski definition) is 3. The largest absolute Gasteiger partial charge is 0.320 e. The second-order valence-electron chi connectivity index (χ2n) is 5.45. The molecular weight excluding hydrogens is 264 g/mol. The molecule has 0 fully saturated rings. The lowest BCUT2D eigenvalue weighted by molar-refractivity contribution is -0.117. The summed E-state index contributed by atoms with van der Waals surface area (Å²) >= 11 is 0. The molecule has 2 aromatic rings. The number of fused-ring (bicyclic) bond motifs is 1. The van der Waals surface area contributed by atoms with Crippen molar-refractivity contribution in [2.75, 3.05) is 5.32 Å². The van der Waals surface area contributed by atoms with Crippen LogP contribution >= 0.6 is 0 Å². The van der Waals surface area contributed by atoms with Crippen LogP contribution in [-0.4, -0.2) is 21.5 Å². The van der Waals surface area contributed by atoms with Crippen LogP contribution in [0.1, 0.15) is 24.2 Å². The molecule has 110 valence electrons. The van der Waals surface area contributed by atoms with Gasteiger partial charge in [-0.15, -0.1) is 0 Å². The summed E-state index contributed by atoms with van der Waals surface area (Å²) in [5, 5.41) is 2.91. The molecule has 0 saturated carbocycles. The minimum absolute atomic E-state index is 0.160. The monoisotopic (exact) mass is 284 g/mol. The van der Waals surface area contributed by atoms with E-state index >= 15 is 0 Å². The van der Waals surface area contributed by atoms with Crippen LogP contribution in [0.25, 0.3) is 0 Å². The van der Waals surface area contributed by atoms with Crippen LogP contribution in [-0.2, 0) is 24.2 Å². The van der Waals surface area contributed by atoms with Gasteiger partial charge in [-0.3, -0.25) is 4.79 Å². The first-order valence-electron chi connectivity index (χ1n) is 7.39. The normalized spacial score (nSPS) is 15.3. The highest BCUT2D eigenvalue weighted by Crippen LogP contribution is 2.19. The van der Waals surface area contributed by atoms with Gasteiger partial charge >= 0.3 is 0 Å². The fourth-order valence-corrected chi connectivity index (χ4v) is 2.70. The first-order valence-corrected chi connectivity index (χ1v) is 7.39. The maximum Gasteiger partial charge on any atom is 0.242 e. The Kier molecular flexibility index (Phi) is 4.01. The summed E-state index contributed by atoms with van der Waals surface area (Å²) in [7, 11) is 0. The molecule has 1 aliphatic heterocycles. The van der Waals surface area contributed by atoms with E-state index in [4.69, 9.17) is 5.73 Å². The molecule has 3 rings (SSSR count). The lowest BCUT2D eigenvalue weighted by Crippen LogP contribution is -2.38. The van der Waals surface area contributed by atoms with Crippen LogP contribution in [0.15, 0.2) is 36.5 Å². The van der Waals surface area contributed by atoms with Gasteiger partial charge in [-0.25, -0.2) is 4.98 Å². The van der Waals surface area contributed by atoms with Gasteiger partial charge in [0.2, 0.25) is 5.91 Å². The van der Waals surface area contributed by atoms with E-state index in [0.717, 1.165) is 43.0 Å². The van der Waals surface area contributed by atoms with Gasteiger partial charge in [0.25, 0.3) is 0 Å². The van der Waals surface area contributed by atoms with E-state index < -0.39 is 6.04 Å². The zero-order chi connectivity index (χ0) is 14.7. The summed E-state index contributed by atoms with van der Waals surface area (Å²) in [6.07, 6.45) is 5.54. The fourth-order valence-electron chi connectivity index (χ4n) is 2.70. The Bertz CT molecular complexity index is 620. The predicted octanol–water partition coefficient (Wildman–Crippen LogP) is 1.73. The summed E-state index contributed by atoms with van der Waals surface area (Å²) in [6.45, 7) is 0.916. The molecule has 0 aliphatic carbocycles. The van der Waals surface area contributed by atoms with Gasteiger partial charge in [0.1, 0.15) is 11.6 Å². The van der Waals surface area contributed by atoms with E-state index in [1.807, 2.05) is 30.3 Å². The number of anilines is 1. The third-order valence-electron chi connectivity index (χ3n) is 3.86. The number of carbonyl (C=O) groups excluding carboxylic acids is 1. The Morgan fingerprint density at radius 3 is 2.95 bits per heavy atom. The summed E-state index contributed by atoms with van der Waals surface area (Å²) < 4.78 is 2.08. The molecule has 0 unspecified atom stereocenters. The van der Waals surface area contributed by atoms with Crippen LogP contribution < -0.4 is 11.1 Å². The topological polar surface area (TPSA) is 72.9 Å². The Hall–Kier alpha value is -2.14. The first-order chi connectivity index (χ1) is 10.2. The summed E-state index contributed by atoms with van der Waals surface area (Å²) in [5.41, 5.74) is 7.07. The molecule has 1 amide bonds. The lowest BCUT2D eigenvalue weighted by Gasteiger charge is -2.18. The highest BCUT2D eigenvalue weighted by molar-refractivity contribution is 5.94. The predicted molar refractivity (Wildman–Crippen MR) is 81.9 cm³/mol. The van der Waals surface area contributed by atoms with E-state index in [2.05, 4.69) is 14.9 Å². The molecular formula is C16H20N4O. The van der Waals surface area contributed by atoms with Crippen molar-refractivity contribution in [1.29, 1.82) is 0 Å². The zero-order valence-corrected chi connectivity index (χ0v) is 12.0. The smallest absolute Gasteiger partial charge is 0.242 e.